The summed E-state index contributed by atoms with van der Waals surface area (Å²) in [7, 11) is 3.05. The molecular formula is C33H30ClN3O5S. The zero-order valence-corrected chi connectivity index (χ0v) is 25.3. The van der Waals surface area contributed by atoms with Crippen LogP contribution in [0, 0.1) is 0 Å². The van der Waals surface area contributed by atoms with Crippen molar-refractivity contribution < 1.29 is 23.9 Å². The van der Waals surface area contributed by atoms with E-state index in [2.05, 4.69) is 16.0 Å². The Labute approximate surface area is 259 Å². The van der Waals surface area contributed by atoms with E-state index in [1.807, 2.05) is 18.2 Å². The summed E-state index contributed by atoms with van der Waals surface area (Å²) >= 11 is 7.40. The number of amides is 3. The highest BCUT2D eigenvalue weighted by atomic mass is 35.5. The van der Waals surface area contributed by atoms with Crippen LogP contribution in [0.2, 0.25) is 5.02 Å². The van der Waals surface area contributed by atoms with Gasteiger partial charge in [-0.25, -0.2) is 0 Å². The van der Waals surface area contributed by atoms with Crippen LogP contribution in [-0.4, -0.2) is 37.2 Å². The second kappa shape index (κ2) is 14.9. The van der Waals surface area contributed by atoms with Crippen molar-refractivity contribution in [3.05, 3.63) is 119 Å². The number of hydrogen-bond donors (Lipinski definition) is 3. The Morgan fingerprint density at radius 3 is 2.28 bits per heavy atom. The van der Waals surface area contributed by atoms with E-state index in [0.29, 0.717) is 39.0 Å². The van der Waals surface area contributed by atoms with Crippen LogP contribution >= 0.6 is 23.4 Å². The molecule has 4 rings (SSSR count). The quantitative estimate of drug-likeness (QED) is 0.125. The summed E-state index contributed by atoms with van der Waals surface area (Å²) in [6.07, 6.45) is 1.56. The average molecular weight is 616 g/mol. The number of hydrogen-bond acceptors (Lipinski definition) is 6. The molecule has 3 amide bonds. The first-order valence-corrected chi connectivity index (χ1v) is 14.5. The number of halogens is 1. The lowest BCUT2D eigenvalue weighted by Crippen LogP contribution is -2.30. The zero-order valence-electron chi connectivity index (χ0n) is 23.7. The second-order valence-electron chi connectivity index (χ2n) is 9.20. The molecule has 0 spiro atoms. The predicted molar refractivity (Wildman–Crippen MR) is 172 cm³/mol. The number of ether oxygens (including phenoxy) is 2. The molecule has 220 valence electrons. The zero-order chi connectivity index (χ0) is 30.8. The molecule has 1 unspecified atom stereocenters. The first-order valence-electron chi connectivity index (χ1n) is 13.2. The molecule has 0 saturated carbocycles. The molecule has 0 fully saturated rings. The van der Waals surface area contributed by atoms with Gasteiger partial charge in [-0.1, -0.05) is 54.1 Å². The number of anilines is 2. The van der Waals surface area contributed by atoms with Gasteiger partial charge in [0.15, 0.2) is 0 Å². The van der Waals surface area contributed by atoms with Gasteiger partial charge >= 0.3 is 0 Å². The molecule has 4 aromatic carbocycles. The van der Waals surface area contributed by atoms with Gasteiger partial charge in [-0.3, -0.25) is 14.4 Å². The highest BCUT2D eigenvalue weighted by Crippen LogP contribution is 2.31. The van der Waals surface area contributed by atoms with Gasteiger partial charge in [-0.05, 0) is 67.6 Å². The van der Waals surface area contributed by atoms with Gasteiger partial charge < -0.3 is 25.4 Å². The van der Waals surface area contributed by atoms with E-state index in [4.69, 9.17) is 21.1 Å². The van der Waals surface area contributed by atoms with Crippen LogP contribution in [0.1, 0.15) is 22.8 Å². The van der Waals surface area contributed by atoms with Crippen molar-refractivity contribution in [3.63, 3.8) is 0 Å². The summed E-state index contributed by atoms with van der Waals surface area (Å²) < 4.78 is 10.7. The van der Waals surface area contributed by atoms with E-state index < -0.39 is 17.1 Å². The van der Waals surface area contributed by atoms with E-state index in [1.165, 1.54) is 26.0 Å². The number of benzene rings is 4. The molecule has 43 heavy (non-hydrogen) atoms. The minimum atomic E-state index is -0.531. The largest absolute Gasteiger partial charge is 0.496 e. The molecule has 0 bridgehead atoms. The molecule has 0 aliphatic heterocycles. The summed E-state index contributed by atoms with van der Waals surface area (Å²) in [5.41, 5.74) is 2.00. The molecule has 0 aromatic heterocycles. The summed E-state index contributed by atoms with van der Waals surface area (Å²) in [4.78, 5) is 40.1. The summed E-state index contributed by atoms with van der Waals surface area (Å²) in [6, 6.07) is 27.9. The first kappa shape index (κ1) is 31.2. The van der Waals surface area contributed by atoms with E-state index in [0.717, 1.165) is 4.90 Å². The number of methoxy groups -OCH3 is 2. The van der Waals surface area contributed by atoms with Gasteiger partial charge in [-0.2, -0.15) is 0 Å². The van der Waals surface area contributed by atoms with E-state index in [1.54, 1.807) is 91.9 Å². The van der Waals surface area contributed by atoms with Crippen LogP contribution in [-0.2, 0) is 9.59 Å². The molecule has 0 heterocycles. The summed E-state index contributed by atoms with van der Waals surface area (Å²) in [5, 5.41) is 8.42. The van der Waals surface area contributed by atoms with Crippen molar-refractivity contribution in [2.24, 2.45) is 0 Å². The Morgan fingerprint density at radius 2 is 1.53 bits per heavy atom. The Balaban J connectivity index is 1.50. The van der Waals surface area contributed by atoms with Crippen molar-refractivity contribution in [1.29, 1.82) is 0 Å². The Kier molecular flexibility index (Phi) is 10.9. The van der Waals surface area contributed by atoms with Crippen molar-refractivity contribution in [2.75, 3.05) is 24.9 Å². The second-order valence-corrected chi connectivity index (χ2v) is 11.0. The Bertz CT molecular complexity index is 1640. The fraction of sp³-hybridized carbons (Fsp3) is 0.121. The Hall–Kier alpha value is -4.73. The fourth-order valence-electron chi connectivity index (χ4n) is 4.00. The third-order valence-corrected chi connectivity index (χ3v) is 7.49. The highest BCUT2D eigenvalue weighted by molar-refractivity contribution is 8.00. The standard InChI is InChI=1S/C33H30ClN3O5S/c1-21(31(38)36-27-19-24(34)16-17-30(27)42-3)43-26-14-9-13-25(20-26)35-33(40)28(18-23-12-7-8-15-29(23)41-2)37-32(39)22-10-5-4-6-11-22/h4-21H,1-3H3,(H,35,40)(H,36,38)(H,37,39)/b28-18+. The number of para-hydroxylation sites is 1. The molecule has 8 nitrogen and oxygen atoms in total. The number of carbonyl (C=O) groups excluding carboxylic acids is 3. The van der Waals surface area contributed by atoms with E-state index in [-0.39, 0.29) is 11.6 Å². The molecule has 0 aliphatic rings. The van der Waals surface area contributed by atoms with Crippen molar-refractivity contribution in [1.82, 2.24) is 5.32 Å². The molecule has 0 saturated heterocycles. The fourth-order valence-corrected chi connectivity index (χ4v) is 5.10. The van der Waals surface area contributed by atoms with Crippen molar-refractivity contribution >= 4 is 58.5 Å². The van der Waals surface area contributed by atoms with Crippen molar-refractivity contribution in [2.45, 2.75) is 17.1 Å². The van der Waals surface area contributed by atoms with E-state index >= 15 is 0 Å². The highest BCUT2D eigenvalue weighted by Gasteiger charge is 2.19. The van der Waals surface area contributed by atoms with Crippen LogP contribution in [0.5, 0.6) is 11.5 Å². The van der Waals surface area contributed by atoms with Gasteiger partial charge in [0.05, 0.1) is 25.2 Å². The van der Waals surface area contributed by atoms with E-state index in [9.17, 15) is 14.4 Å². The molecule has 0 aliphatic carbocycles. The van der Waals surface area contributed by atoms with Crippen LogP contribution in [0.3, 0.4) is 0 Å². The maximum Gasteiger partial charge on any atom is 0.272 e. The van der Waals surface area contributed by atoms with Crippen LogP contribution < -0.4 is 25.4 Å². The monoisotopic (exact) mass is 615 g/mol. The van der Waals surface area contributed by atoms with Gasteiger partial charge in [-0.15, -0.1) is 11.8 Å². The third kappa shape index (κ3) is 8.64. The van der Waals surface area contributed by atoms with Crippen LogP contribution in [0.25, 0.3) is 6.08 Å². The molecule has 0 radical (unpaired) electrons. The predicted octanol–water partition coefficient (Wildman–Crippen LogP) is 6.89. The molecule has 4 aromatic rings. The summed E-state index contributed by atoms with van der Waals surface area (Å²) in [5.74, 6) is -0.168. The molecule has 3 N–H and O–H groups in total. The van der Waals surface area contributed by atoms with Gasteiger partial charge in [0, 0.05) is 26.7 Å². The van der Waals surface area contributed by atoms with Crippen molar-refractivity contribution in [3.8, 4) is 11.5 Å². The maximum atomic E-state index is 13.5. The lowest BCUT2D eigenvalue weighted by molar-refractivity contribution is -0.115. The molecule has 1 atom stereocenters. The van der Waals surface area contributed by atoms with Gasteiger partial charge in [0.1, 0.15) is 17.2 Å². The first-order chi connectivity index (χ1) is 20.8. The SMILES string of the molecule is COc1ccccc1/C=C(/NC(=O)c1ccccc1)C(=O)Nc1cccc(SC(C)C(=O)Nc2cc(Cl)ccc2OC)c1. The minimum absolute atomic E-state index is 0.0274. The van der Waals surface area contributed by atoms with Crippen LogP contribution in [0.4, 0.5) is 11.4 Å². The smallest absolute Gasteiger partial charge is 0.272 e. The average Bonchev–Trinajstić information content (AvgIpc) is 3.01. The lowest BCUT2D eigenvalue weighted by Gasteiger charge is -2.15. The Morgan fingerprint density at radius 1 is 0.814 bits per heavy atom. The topological polar surface area (TPSA) is 106 Å². The van der Waals surface area contributed by atoms with Gasteiger partial charge in [0.25, 0.3) is 11.8 Å². The third-order valence-electron chi connectivity index (χ3n) is 6.16. The van der Waals surface area contributed by atoms with Crippen LogP contribution in [0.15, 0.2) is 108 Å². The summed E-state index contributed by atoms with van der Waals surface area (Å²) in [6.45, 7) is 1.77. The number of carbonyl (C=O) groups is 3. The normalized spacial score (nSPS) is 11.7. The number of nitrogens with one attached hydrogen (secondary N) is 3. The molecule has 10 heteroatoms. The number of rotatable bonds is 11. The van der Waals surface area contributed by atoms with Gasteiger partial charge in [0.2, 0.25) is 5.91 Å². The minimum Gasteiger partial charge on any atom is -0.496 e. The maximum absolute atomic E-state index is 13.5. The number of thioether (sulfide) groups is 1. The lowest BCUT2D eigenvalue weighted by atomic mass is 10.1. The molecular weight excluding hydrogens is 586 g/mol.